The van der Waals surface area contributed by atoms with E-state index < -0.39 is 10.9 Å². The number of anilines is 1. The molecule has 0 saturated carbocycles. The number of nitrogens with one attached hydrogen (secondary N) is 1. The van der Waals surface area contributed by atoms with Crippen molar-refractivity contribution in [2.45, 2.75) is 18.4 Å². The molecule has 1 heterocycles. The number of hydrogen-bond donors (Lipinski definition) is 1. The molecular formula is C19H15N2O4-. The number of carboxylic acids is 1. The third-order valence-corrected chi connectivity index (χ3v) is 5.07. The van der Waals surface area contributed by atoms with Crippen LogP contribution in [0.1, 0.15) is 39.9 Å². The van der Waals surface area contributed by atoms with E-state index in [-0.39, 0.29) is 29.1 Å². The third-order valence-electron chi connectivity index (χ3n) is 5.07. The number of nitro benzene ring substituents is 1. The first-order valence-corrected chi connectivity index (χ1v) is 8.08. The number of fused-ring (bicyclic) bond motifs is 3. The molecule has 2 aliphatic rings. The number of hydrogen-bond acceptors (Lipinski definition) is 5. The van der Waals surface area contributed by atoms with Crippen LogP contribution < -0.4 is 10.4 Å². The molecule has 0 bridgehead atoms. The maximum Gasteiger partial charge on any atom is 0.275 e. The van der Waals surface area contributed by atoms with Crippen LogP contribution in [-0.2, 0) is 0 Å². The Labute approximate surface area is 144 Å². The van der Waals surface area contributed by atoms with Crippen molar-refractivity contribution in [1.82, 2.24) is 0 Å². The Kier molecular flexibility index (Phi) is 3.53. The summed E-state index contributed by atoms with van der Waals surface area (Å²) in [5.41, 5.74) is 1.68. The van der Waals surface area contributed by atoms with E-state index in [0.29, 0.717) is 11.3 Å². The monoisotopic (exact) mass is 335 g/mol. The number of rotatable bonds is 3. The summed E-state index contributed by atoms with van der Waals surface area (Å²) >= 11 is 0. The van der Waals surface area contributed by atoms with E-state index in [1.807, 2.05) is 42.5 Å². The topological polar surface area (TPSA) is 95.3 Å². The van der Waals surface area contributed by atoms with Crippen molar-refractivity contribution in [3.05, 3.63) is 81.4 Å². The van der Waals surface area contributed by atoms with Crippen molar-refractivity contribution >= 4 is 17.3 Å². The molecule has 25 heavy (non-hydrogen) atoms. The summed E-state index contributed by atoms with van der Waals surface area (Å²) in [5.74, 6) is -1.43. The van der Waals surface area contributed by atoms with E-state index in [1.54, 1.807) is 0 Å². The lowest BCUT2D eigenvalue weighted by atomic mass is 9.75. The van der Waals surface area contributed by atoms with Gasteiger partial charge in [-0.1, -0.05) is 42.5 Å². The van der Waals surface area contributed by atoms with Gasteiger partial charge in [0.25, 0.3) is 5.69 Å². The van der Waals surface area contributed by atoms with Gasteiger partial charge in [0.15, 0.2) is 0 Å². The van der Waals surface area contributed by atoms with Crippen LogP contribution in [0.3, 0.4) is 0 Å². The van der Waals surface area contributed by atoms with Gasteiger partial charge in [0, 0.05) is 17.5 Å². The molecule has 0 spiro atoms. The van der Waals surface area contributed by atoms with Crippen LogP contribution in [0.4, 0.5) is 11.4 Å². The fraction of sp³-hybridized carbons (Fsp3) is 0.211. The van der Waals surface area contributed by atoms with Crippen LogP contribution in [0.2, 0.25) is 0 Å². The van der Waals surface area contributed by atoms with E-state index >= 15 is 0 Å². The van der Waals surface area contributed by atoms with Crippen LogP contribution in [0, 0.1) is 16.0 Å². The first kappa shape index (κ1) is 15.4. The smallest absolute Gasteiger partial charge is 0.275 e. The molecule has 0 unspecified atom stereocenters. The standard InChI is InChI=1S/C19H16N2O4/c22-19(23)14-9-10-15(21(24)25)16-12-7-4-8-13(12)17(20-18(14)16)11-5-2-1-3-6-11/h1-7,9-10,12-13,17,20H,8H2,(H,22,23)/p-1/t12-,13-,17-/m1/s1. The van der Waals surface area contributed by atoms with Gasteiger partial charge in [-0.2, -0.15) is 0 Å². The minimum atomic E-state index is -1.34. The maximum atomic E-state index is 11.6. The third kappa shape index (κ3) is 2.38. The first-order valence-electron chi connectivity index (χ1n) is 8.08. The molecule has 126 valence electrons. The number of allylic oxidation sites excluding steroid dienone is 2. The summed E-state index contributed by atoms with van der Waals surface area (Å²) in [7, 11) is 0. The summed E-state index contributed by atoms with van der Waals surface area (Å²) in [4.78, 5) is 22.6. The Hall–Kier alpha value is -3.15. The minimum absolute atomic E-state index is 0.0414. The van der Waals surface area contributed by atoms with Gasteiger partial charge < -0.3 is 15.2 Å². The number of benzene rings is 2. The average Bonchev–Trinajstić information content (AvgIpc) is 3.10. The number of nitrogens with zero attached hydrogens (tertiary/aromatic N) is 1. The molecule has 1 aliphatic heterocycles. The number of aromatic carboxylic acids is 1. The lowest BCUT2D eigenvalue weighted by molar-refractivity contribution is -0.385. The van der Waals surface area contributed by atoms with Crippen molar-refractivity contribution in [3.8, 4) is 0 Å². The molecule has 2 aromatic rings. The fourth-order valence-electron chi connectivity index (χ4n) is 4.01. The summed E-state index contributed by atoms with van der Waals surface area (Å²) < 4.78 is 0. The second-order valence-electron chi connectivity index (χ2n) is 6.35. The van der Waals surface area contributed by atoms with E-state index in [2.05, 4.69) is 5.32 Å². The first-order chi connectivity index (χ1) is 12.1. The second kappa shape index (κ2) is 5.73. The Bertz CT molecular complexity index is 892. The number of carboxylic acid groups (broad SMARTS) is 1. The highest BCUT2D eigenvalue weighted by atomic mass is 16.6. The van der Waals surface area contributed by atoms with Gasteiger partial charge in [0.05, 0.1) is 28.2 Å². The van der Waals surface area contributed by atoms with Crippen LogP contribution >= 0.6 is 0 Å². The largest absolute Gasteiger partial charge is 0.545 e. The van der Waals surface area contributed by atoms with E-state index in [1.165, 1.54) is 12.1 Å². The van der Waals surface area contributed by atoms with Crippen molar-refractivity contribution in [1.29, 1.82) is 0 Å². The zero-order chi connectivity index (χ0) is 17.6. The molecule has 0 aromatic heterocycles. The molecule has 0 amide bonds. The van der Waals surface area contributed by atoms with Gasteiger partial charge >= 0.3 is 0 Å². The van der Waals surface area contributed by atoms with Crippen LogP contribution in [0.15, 0.2) is 54.6 Å². The molecule has 4 rings (SSSR count). The molecule has 0 radical (unpaired) electrons. The van der Waals surface area contributed by atoms with Gasteiger partial charge in [0.1, 0.15) is 0 Å². The summed E-state index contributed by atoms with van der Waals surface area (Å²) in [6, 6.07) is 12.1. The number of carbonyl (C=O) groups excluding carboxylic acids is 1. The number of carbonyl (C=O) groups is 1. The summed E-state index contributed by atoms with van der Waals surface area (Å²) in [6.07, 6.45) is 4.74. The van der Waals surface area contributed by atoms with Crippen molar-refractivity contribution in [2.75, 3.05) is 5.32 Å². The van der Waals surface area contributed by atoms with Crippen molar-refractivity contribution < 1.29 is 14.8 Å². The Balaban J connectivity index is 1.93. The highest BCUT2D eigenvalue weighted by Gasteiger charge is 2.42. The maximum absolute atomic E-state index is 11.6. The van der Waals surface area contributed by atoms with E-state index in [0.717, 1.165) is 12.0 Å². The molecule has 6 heteroatoms. The summed E-state index contributed by atoms with van der Waals surface area (Å²) in [5, 5.41) is 26.3. The SMILES string of the molecule is O=C([O-])c1ccc([N+](=O)[O-])c2c1N[C@H](c1ccccc1)[C@@H]1CC=C[C@@H]21. The summed E-state index contributed by atoms with van der Waals surface area (Å²) in [6.45, 7) is 0. The fourth-order valence-corrected chi connectivity index (χ4v) is 4.01. The van der Waals surface area contributed by atoms with Gasteiger partial charge in [0.2, 0.25) is 0 Å². The van der Waals surface area contributed by atoms with Gasteiger partial charge in [-0.05, 0) is 24.0 Å². The molecule has 6 nitrogen and oxygen atoms in total. The molecule has 1 aliphatic carbocycles. The molecule has 2 aromatic carbocycles. The van der Waals surface area contributed by atoms with Gasteiger partial charge in [-0.25, -0.2) is 0 Å². The Morgan fingerprint density at radius 3 is 2.60 bits per heavy atom. The van der Waals surface area contributed by atoms with Gasteiger partial charge in [-0.15, -0.1) is 0 Å². The van der Waals surface area contributed by atoms with Gasteiger partial charge in [-0.3, -0.25) is 10.1 Å². The second-order valence-corrected chi connectivity index (χ2v) is 6.35. The Morgan fingerprint density at radius 1 is 1.16 bits per heavy atom. The molecule has 1 N–H and O–H groups in total. The molecule has 0 saturated heterocycles. The Morgan fingerprint density at radius 2 is 1.92 bits per heavy atom. The molecule has 3 atom stereocenters. The highest BCUT2D eigenvalue weighted by molar-refractivity contribution is 5.95. The van der Waals surface area contributed by atoms with Crippen LogP contribution in [0.5, 0.6) is 0 Å². The molecular weight excluding hydrogens is 320 g/mol. The van der Waals surface area contributed by atoms with E-state index in [4.69, 9.17) is 0 Å². The minimum Gasteiger partial charge on any atom is -0.545 e. The zero-order valence-corrected chi connectivity index (χ0v) is 13.2. The predicted molar refractivity (Wildman–Crippen MR) is 90.2 cm³/mol. The normalized spacial score (nSPS) is 23.4. The molecule has 0 fully saturated rings. The predicted octanol–water partition coefficient (Wildman–Crippen LogP) is 2.78. The van der Waals surface area contributed by atoms with E-state index in [9.17, 15) is 20.0 Å². The van der Waals surface area contributed by atoms with Crippen LogP contribution in [-0.4, -0.2) is 10.9 Å². The lowest BCUT2D eigenvalue weighted by Crippen LogP contribution is -2.33. The lowest BCUT2D eigenvalue weighted by Gasteiger charge is -2.38. The quantitative estimate of drug-likeness (QED) is 0.529. The highest BCUT2D eigenvalue weighted by Crippen LogP contribution is 2.53. The van der Waals surface area contributed by atoms with Crippen molar-refractivity contribution in [2.24, 2.45) is 5.92 Å². The van der Waals surface area contributed by atoms with Crippen LogP contribution in [0.25, 0.3) is 0 Å². The van der Waals surface area contributed by atoms with Crippen molar-refractivity contribution in [3.63, 3.8) is 0 Å². The average molecular weight is 335 g/mol. The number of nitro groups is 1. The zero-order valence-electron chi connectivity index (χ0n) is 13.2.